The third-order valence-electron chi connectivity index (χ3n) is 7.24. The van der Waals surface area contributed by atoms with E-state index in [1.165, 1.54) is 0 Å². The summed E-state index contributed by atoms with van der Waals surface area (Å²) < 4.78 is 46.0. The molecule has 2 aliphatic rings. The maximum atomic E-state index is 13.3. The van der Waals surface area contributed by atoms with E-state index >= 15 is 0 Å². The highest BCUT2D eigenvalue weighted by Crippen LogP contribution is 2.33. The molecule has 1 saturated heterocycles. The Bertz CT molecular complexity index is 1390. The van der Waals surface area contributed by atoms with Crippen molar-refractivity contribution in [1.82, 2.24) is 9.62 Å². The number of amides is 1. The van der Waals surface area contributed by atoms with E-state index in [2.05, 4.69) is 4.72 Å². The van der Waals surface area contributed by atoms with Gasteiger partial charge in [-0.3, -0.25) is 4.79 Å². The zero-order valence-corrected chi connectivity index (χ0v) is 27.0. The fourth-order valence-electron chi connectivity index (χ4n) is 5.25. The lowest BCUT2D eigenvalue weighted by Crippen LogP contribution is -2.58. The second kappa shape index (κ2) is 13.3. The normalized spacial score (nSPS) is 19.5. The highest BCUT2D eigenvalue weighted by Gasteiger charge is 2.42. The summed E-state index contributed by atoms with van der Waals surface area (Å²) in [5.74, 6) is 0.326. The standard InChI is InChI=1S/C33H46N2O7S/c1-32(2,3)41-30(36)18-20-40-29-15-8-7-13-26(29)24-12-9-11-23(21-24)22-28-27(34-43(38,39)25-16-17-25)14-10-19-35(28)31(37)42-33(4,5)6/h7-9,11-13,15,21,25,27-28,34H,10,14,16-20,22H2,1-6H3. The number of carbonyl (C=O) groups excluding carboxylic acids is 2. The van der Waals surface area contributed by atoms with Crippen LogP contribution in [0.4, 0.5) is 4.79 Å². The quantitative estimate of drug-likeness (QED) is 0.334. The van der Waals surface area contributed by atoms with Crippen molar-refractivity contribution >= 4 is 22.1 Å². The molecule has 1 N–H and O–H groups in total. The number of piperidine rings is 1. The fraction of sp³-hybridized carbons (Fsp3) is 0.576. The van der Waals surface area contributed by atoms with Gasteiger partial charge in [0.2, 0.25) is 10.0 Å². The van der Waals surface area contributed by atoms with Crippen LogP contribution in [0.25, 0.3) is 11.1 Å². The van der Waals surface area contributed by atoms with Crippen LogP contribution in [0.15, 0.2) is 48.5 Å². The van der Waals surface area contributed by atoms with Crippen molar-refractivity contribution in [1.29, 1.82) is 0 Å². The topological polar surface area (TPSA) is 111 Å². The van der Waals surface area contributed by atoms with Crippen LogP contribution in [0.5, 0.6) is 5.75 Å². The zero-order chi connectivity index (χ0) is 31.4. The molecule has 0 bridgehead atoms. The lowest BCUT2D eigenvalue weighted by Gasteiger charge is -2.42. The third kappa shape index (κ3) is 9.69. The van der Waals surface area contributed by atoms with Crippen LogP contribution in [-0.4, -0.2) is 67.1 Å². The van der Waals surface area contributed by atoms with E-state index in [9.17, 15) is 18.0 Å². The fourth-order valence-corrected chi connectivity index (χ4v) is 6.90. The van der Waals surface area contributed by atoms with E-state index in [0.717, 1.165) is 16.7 Å². The second-order valence-electron chi connectivity index (χ2n) is 13.4. The molecule has 2 fully saturated rings. The summed E-state index contributed by atoms with van der Waals surface area (Å²) in [6.07, 6.45) is 2.81. The number of nitrogens with zero attached hydrogens (tertiary/aromatic N) is 1. The summed E-state index contributed by atoms with van der Waals surface area (Å²) in [5.41, 5.74) is 1.52. The van der Waals surface area contributed by atoms with Crippen molar-refractivity contribution in [3.63, 3.8) is 0 Å². The molecule has 236 valence electrons. The smallest absolute Gasteiger partial charge is 0.410 e. The average molecular weight is 615 g/mol. The zero-order valence-electron chi connectivity index (χ0n) is 26.2. The molecule has 2 atom stereocenters. The van der Waals surface area contributed by atoms with E-state index in [1.54, 1.807) is 4.90 Å². The molecule has 0 spiro atoms. The predicted octanol–water partition coefficient (Wildman–Crippen LogP) is 5.86. The van der Waals surface area contributed by atoms with Crippen molar-refractivity contribution in [3.8, 4) is 16.9 Å². The molecule has 2 aromatic carbocycles. The van der Waals surface area contributed by atoms with E-state index in [4.69, 9.17) is 14.2 Å². The van der Waals surface area contributed by atoms with Gasteiger partial charge in [-0.1, -0.05) is 42.5 Å². The number of likely N-dealkylation sites (tertiary alicyclic amines) is 1. The number of benzene rings is 2. The highest BCUT2D eigenvalue weighted by atomic mass is 32.2. The number of hydrogen-bond acceptors (Lipinski definition) is 7. The number of sulfonamides is 1. The van der Waals surface area contributed by atoms with Gasteiger partial charge in [-0.05, 0) is 90.8 Å². The first-order chi connectivity index (χ1) is 20.1. The summed E-state index contributed by atoms with van der Waals surface area (Å²) in [4.78, 5) is 27.2. The average Bonchev–Trinajstić information content (AvgIpc) is 3.75. The first-order valence-corrected chi connectivity index (χ1v) is 16.7. The number of para-hydroxylation sites is 1. The minimum Gasteiger partial charge on any atom is -0.492 e. The van der Waals surface area contributed by atoms with Gasteiger partial charge in [-0.2, -0.15) is 0 Å². The van der Waals surface area contributed by atoms with Gasteiger partial charge < -0.3 is 19.1 Å². The molecule has 4 rings (SSSR count). The Morgan fingerprint density at radius 2 is 1.63 bits per heavy atom. The van der Waals surface area contributed by atoms with Gasteiger partial charge in [0.1, 0.15) is 17.0 Å². The van der Waals surface area contributed by atoms with Crippen LogP contribution >= 0.6 is 0 Å². The van der Waals surface area contributed by atoms with Crippen LogP contribution in [-0.2, 0) is 30.7 Å². The van der Waals surface area contributed by atoms with Gasteiger partial charge in [0.15, 0.2) is 0 Å². The summed E-state index contributed by atoms with van der Waals surface area (Å²) in [6.45, 7) is 11.7. The molecule has 2 aromatic rings. The molecule has 1 saturated carbocycles. The van der Waals surface area contributed by atoms with Gasteiger partial charge >= 0.3 is 12.1 Å². The van der Waals surface area contributed by atoms with Gasteiger partial charge in [0.05, 0.1) is 24.3 Å². The summed E-state index contributed by atoms with van der Waals surface area (Å²) in [6, 6.07) is 14.8. The van der Waals surface area contributed by atoms with Crippen molar-refractivity contribution in [2.24, 2.45) is 0 Å². The molecule has 0 radical (unpaired) electrons. The highest BCUT2D eigenvalue weighted by molar-refractivity contribution is 7.90. The molecule has 9 nitrogen and oxygen atoms in total. The minimum atomic E-state index is -3.46. The monoisotopic (exact) mass is 614 g/mol. The molecule has 2 unspecified atom stereocenters. The van der Waals surface area contributed by atoms with Gasteiger partial charge in [0, 0.05) is 18.2 Å². The predicted molar refractivity (Wildman–Crippen MR) is 166 cm³/mol. The maximum absolute atomic E-state index is 13.3. The van der Waals surface area contributed by atoms with E-state index in [1.807, 2.05) is 90.1 Å². The Balaban J connectivity index is 1.55. The lowest BCUT2D eigenvalue weighted by molar-refractivity contribution is -0.155. The van der Waals surface area contributed by atoms with Gasteiger partial charge in [-0.15, -0.1) is 0 Å². The molecular weight excluding hydrogens is 568 g/mol. The molecule has 0 aromatic heterocycles. The number of hydrogen-bond donors (Lipinski definition) is 1. The molecule has 1 amide bonds. The third-order valence-corrected chi connectivity index (χ3v) is 9.22. The van der Waals surface area contributed by atoms with Crippen molar-refractivity contribution < 1.29 is 32.2 Å². The first-order valence-electron chi connectivity index (χ1n) is 15.1. The molecular formula is C33H46N2O7S. The van der Waals surface area contributed by atoms with Crippen molar-refractivity contribution in [2.45, 2.75) is 109 Å². The Morgan fingerprint density at radius 1 is 0.930 bits per heavy atom. The molecule has 1 aliphatic heterocycles. The Labute approximate surface area is 256 Å². The summed E-state index contributed by atoms with van der Waals surface area (Å²) in [5, 5.41) is -0.347. The number of nitrogens with one attached hydrogen (secondary N) is 1. The molecule has 43 heavy (non-hydrogen) atoms. The van der Waals surface area contributed by atoms with E-state index in [0.29, 0.717) is 44.4 Å². The second-order valence-corrected chi connectivity index (χ2v) is 15.4. The summed E-state index contributed by atoms with van der Waals surface area (Å²) >= 11 is 0. The molecule has 10 heteroatoms. The SMILES string of the molecule is CC(C)(C)OC(=O)CCOc1ccccc1-c1cccc(CC2C(NS(=O)(=O)C3CC3)CCCN2C(=O)OC(C)(C)C)c1. The van der Waals surface area contributed by atoms with Crippen LogP contribution in [0.1, 0.15) is 79.2 Å². The minimum absolute atomic E-state index is 0.131. The molecule has 1 heterocycles. The lowest BCUT2D eigenvalue weighted by atomic mass is 9.90. The van der Waals surface area contributed by atoms with Crippen molar-refractivity contribution in [3.05, 3.63) is 54.1 Å². The number of carbonyl (C=O) groups is 2. The van der Waals surface area contributed by atoms with E-state index in [-0.39, 0.29) is 24.2 Å². The number of esters is 1. The van der Waals surface area contributed by atoms with Gasteiger partial charge in [0.25, 0.3) is 0 Å². The van der Waals surface area contributed by atoms with Gasteiger partial charge in [-0.25, -0.2) is 17.9 Å². The van der Waals surface area contributed by atoms with Crippen LogP contribution in [0.2, 0.25) is 0 Å². The largest absolute Gasteiger partial charge is 0.492 e. The van der Waals surface area contributed by atoms with E-state index < -0.39 is 39.4 Å². The maximum Gasteiger partial charge on any atom is 0.410 e. The van der Waals surface area contributed by atoms with Crippen LogP contribution in [0.3, 0.4) is 0 Å². The first kappa shape index (κ1) is 32.8. The summed E-state index contributed by atoms with van der Waals surface area (Å²) in [7, 11) is -3.46. The van der Waals surface area contributed by atoms with Crippen molar-refractivity contribution in [2.75, 3.05) is 13.2 Å². The molecule has 1 aliphatic carbocycles. The number of ether oxygens (including phenoxy) is 3. The Kier molecular flexibility index (Phi) is 10.1. The van der Waals surface area contributed by atoms with Crippen LogP contribution in [0, 0.1) is 0 Å². The Morgan fingerprint density at radius 3 is 2.30 bits per heavy atom. The van der Waals surface area contributed by atoms with Crippen LogP contribution < -0.4 is 9.46 Å². The number of rotatable bonds is 10. The Hall–Kier alpha value is -3.11.